The first-order valence-corrected chi connectivity index (χ1v) is 10.8. The largest absolute Gasteiger partial charge is 0.351 e. The van der Waals surface area contributed by atoms with Gasteiger partial charge in [-0.1, -0.05) is 0 Å². The molecule has 5 heterocycles. The van der Waals surface area contributed by atoms with Gasteiger partial charge in [0.2, 0.25) is 5.65 Å². The number of fused-ring (bicyclic) bond motifs is 2. The van der Waals surface area contributed by atoms with E-state index in [1.54, 1.807) is 16.7 Å². The summed E-state index contributed by atoms with van der Waals surface area (Å²) in [7, 11) is 0. The average Bonchev–Trinajstić information content (AvgIpc) is 3.29. The van der Waals surface area contributed by atoms with Gasteiger partial charge >= 0.3 is 0 Å². The zero-order valence-corrected chi connectivity index (χ0v) is 16.6. The van der Waals surface area contributed by atoms with Gasteiger partial charge in [-0.05, 0) is 12.8 Å². The lowest BCUT2D eigenvalue weighted by molar-refractivity contribution is 0.246. The molecule has 1 saturated heterocycles. The molecule has 0 unspecified atom stereocenters. The van der Waals surface area contributed by atoms with Crippen molar-refractivity contribution in [2.75, 3.05) is 31.1 Å². The van der Waals surface area contributed by atoms with Crippen LogP contribution in [0.4, 0.5) is 5.82 Å². The van der Waals surface area contributed by atoms with Gasteiger partial charge in [0.25, 0.3) is 5.56 Å². The predicted octanol–water partition coefficient (Wildman–Crippen LogP) is 1.39. The highest BCUT2D eigenvalue weighted by atomic mass is 32.1. The van der Waals surface area contributed by atoms with Crippen LogP contribution in [0.2, 0.25) is 0 Å². The van der Waals surface area contributed by atoms with Gasteiger partial charge in [-0.25, -0.2) is 9.97 Å². The Kier molecular flexibility index (Phi) is 3.88. The maximum atomic E-state index is 12.2. The van der Waals surface area contributed by atoms with Gasteiger partial charge in [0, 0.05) is 68.7 Å². The monoisotopic (exact) mass is 408 g/mol. The summed E-state index contributed by atoms with van der Waals surface area (Å²) >= 11 is 1.49. The number of nitrogens with zero attached hydrogens (tertiary/aromatic N) is 8. The number of hydrogen-bond acceptors (Lipinski definition) is 8. The third-order valence-electron chi connectivity index (χ3n) is 5.69. The molecule has 1 saturated carbocycles. The Morgan fingerprint density at radius 2 is 1.93 bits per heavy atom. The van der Waals surface area contributed by atoms with E-state index in [9.17, 15) is 4.79 Å². The van der Waals surface area contributed by atoms with Crippen LogP contribution in [-0.4, -0.2) is 60.0 Å². The third kappa shape index (κ3) is 2.99. The lowest BCUT2D eigenvalue weighted by atomic mass is 10.3. The van der Waals surface area contributed by atoms with Crippen LogP contribution in [0.1, 0.15) is 30.3 Å². The van der Waals surface area contributed by atoms with E-state index in [-0.39, 0.29) is 5.56 Å². The van der Waals surface area contributed by atoms with Crippen LogP contribution in [0.25, 0.3) is 10.6 Å². The lowest BCUT2D eigenvalue weighted by Gasteiger charge is -2.35. The van der Waals surface area contributed by atoms with E-state index in [1.165, 1.54) is 24.2 Å². The molecule has 0 bridgehead atoms. The number of piperazine rings is 1. The zero-order valence-electron chi connectivity index (χ0n) is 15.8. The molecular formula is C19H20N8OS. The van der Waals surface area contributed by atoms with E-state index in [2.05, 4.69) is 34.4 Å². The summed E-state index contributed by atoms with van der Waals surface area (Å²) in [6.45, 7) is 4.18. The smallest absolute Gasteiger partial charge is 0.258 e. The number of aromatic nitrogens is 6. The number of anilines is 1. The molecule has 0 amide bonds. The van der Waals surface area contributed by atoms with Gasteiger partial charge in [0.1, 0.15) is 5.82 Å². The number of thiazole rings is 1. The minimum Gasteiger partial charge on any atom is -0.351 e. The summed E-state index contributed by atoms with van der Waals surface area (Å²) in [5, 5.41) is 10.7. The van der Waals surface area contributed by atoms with Crippen molar-refractivity contribution in [3.8, 4) is 0 Å². The maximum Gasteiger partial charge on any atom is 0.258 e. The molecule has 2 fully saturated rings. The van der Waals surface area contributed by atoms with Gasteiger partial charge in [0.15, 0.2) is 10.8 Å². The van der Waals surface area contributed by atoms with Crippen LogP contribution in [0.5, 0.6) is 0 Å². The van der Waals surface area contributed by atoms with Crippen LogP contribution in [-0.2, 0) is 6.54 Å². The van der Waals surface area contributed by atoms with Crippen molar-refractivity contribution in [2.45, 2.75) is 25.3 Å². The normalized spacial score (nSPS) is 18.1. The van der Waals surface area contributed by atoms with Gasteiger partial charge in [-0.3, -0.25) is 18.5 Å². The third-order valence-corrected chi connectivity index (χ3v) is 6.45. The van der Waals surface area contributed by atoms with E-state index >= 15 is 0 Å². The number of rotatable bonds is 4. The molecule has 9 nitrogen and oxygen atoms in total. The quantitative estimate of drug-likeness (QED) is 0.505. The molecule has 0 aromatic carbocycles. The minimum absolute atomic E-state index is 0.0148. The van der Waals surface area contributed by atoms with Gasteiger partial charge in [-0.2, -0.15) is 0 Å². The highest BCUT2D eigenvalue weighted by Crippen LogP contribution is 2.39. The first-order chi connectivity index (χ1) is 14.3. The Labute approximate surface area is 170 Å². The van der Waals surface area contributed by atoms with Gasteiger partial charge in [-0.15, -0.1) is 21.5 Å². The van der Waals surface area contributed by atoms with Crippen LogP contribution in [0, 0.1) is 0 Å². The molecule has 1 aliphatic carbocycles. The molecule has 0 radical (unpaired) electrons. The topological polar surface area (TPSA) is 83.9 Å². The van der Waals surface area contributed by atoms with Crippen LogP contribution >= 0.6 is 11.3 Å². The maximum absolute atomic E-state index is 12.2. The fourth-order valence-corrected chi connectivity index (χ4v) is 4.73. The molecule has 2 aliphatic rings. The molecule has 6 rings (SSSR count). The van der Waals surface area contributed by atoms with Crippen LogP contribution in [0.3, 0.4) is 0 Å². The van der Waals surface area contributed by atoms with Crippen LogP contribution < -0.4 is 10.5 Å². The molecule has 10 heteroatoms. The van der Waals surface area contributed by atoms with Crippen molar-refractivity contribution in [2.24, 2.45) is 0 Å². The SMILES string of the molecule is O=c1cc(CN2CCN(c3nccn4c(C5CC5)nnc34)CC2)nc2sccn12. The van der Waals surface area contributed by atoms with Gasteiger partial charge in [0.05, 0.1) is 5.69 Å². The Hall–Kier alpha value is -2.85. The lowest BCUT2D eigenvalue weighted by Crippen LogP contribution is -2.46. The van der Waals surface area contributed by atoms with E-state index in [0.29, 0.717) is 12.5 Å². The average molecular weight is 408 g/mol. The van der Waals surface area contributed by atoms with Crippen molar-refractivity contribution in [1.29, 1.82) is 0 Å². The second-order valence-electron chi connectivity index (χ2n) is 7.68. The number of hydrogen-bond donors (Lipinski definition) is 0. The van der Waals surface area contributed by atoms with Crippen molar-refractivity contribution < 1.29 is 0 Å². The summed E-state index contributed by atoms with van der Waals surface area (Å²) in [6.07, 6.45) is 7.98. The predicted molar refractivity (Wildman–Crippen MR) is 110 cm³/mol. The summed E-state index contributed by atoms with van der Waals surface area (Å²) in [4.78, 5) is 26.8. The standard InChI is InChI=1S/C19H20N8OS/c28-15-11-14(21-19-26(15)9-10-29-19)12-24-5-7-25(8-6-24)17-18-23-22-16(13-1-2-13)27(18)4-3-20-17/h3-4,9-11,13H,1-2,5-8,12H2. The molecule has 4 aromatic rings. The van der Waals surface area contributed by atoms with Gasteiger partial charge < -0.3 is 4.90 Å². The van der Waals surface area contributed by atoms with E-state index in [4.69, 9.17) is 0 Å². The van der Waals surface area contributed by atoms with Crippen molar-refractivity contribution in [3.63, 3.8) is 0 Å². The highest BCUT2D eigenvalue weighted by Gasteiger charge is 2.30. The first kappa shape index (κ1) is 17.0. The fraction of sp³-hybridized carbons (Fsp3) is 0.421. The zero-order chi connectivity index (χ0) is 19.4. The first-order valence-electron chi connectivity index (χ1n) is 9.89. The summed E-state index contributed by atoms with van der Waals surface area (Å²) < 4.78 is 3.69. The van der Waals surface area contributed by atoms with Crippen molar-refractivity contribution >= 4 is 27.8 Å². The molecule has 29 heavy (non-hydrogen) atoms. The Bertz CT molecular complexity index is 1250. The second kappa shape index (κ2) is 6.60. The Morgan fingerprint density at radius 3 is 2.76 bits per heavy atom. The van der Waals surface area contributed by atoms with Crippen molar-refractivity contribution in [3.05, 3.63) is 51.9 Å². The second-order valence-corrected chi connectivity index (χ2v) is 8.55. The molecule has 0 atom stereocenters. The molecular weight excluding hydrogens is 388 g/mol. The minimum atomic E-state index is -0.0148. The highest BCUT2D eigenvalue weighted by molar-refractivity contribution is 7.15. The molecule has 0 N–H and O–H groups in total. The van der Waals surface area contributed by atoms with E-state index < -0.39 is 0 Å². The molecule has 4 aromatic heterocycles. The van der Waals surface area contributed by atoms with Crippen molar-refractivity contribution in [1.82, 2.24) is 33.9 Å². The Morgan fingerprint density at radius 1 is 1.07 bits per heavy atom. The van der Waals surface area contributed by atoms with E-state index in [1.807, 2.05) is 17.8 Å². The molecule has 1 aliphatic heterocycles. The molecule has 148 valence electrons. The molecule has 0 spiro atoms. The Balaban J connectivity index is 1.18. The summed E-state index contributed by atoms with van der Waals surface area (Å²) in [5.41, 5.74) is 1.66. The fourth-order valence-electron chi connectivity index (χ4n) is 3.99. The van der Waals surface area contributed by atoms with Crippen LogP contribution in [0.15, 0.2) is 34.8 Å². The summed E-state index contributed by atoms with van der Waals surface area (Å²) in [5.74, 6) is 2.51. The summed E-state index contributed by atoms with van der Waals surface area (Å²) in [6, 6.07) is 1.64. The van der Waals surface area contributed by atoms with E-state index in [0.717, 1.165) is 54.1 Å².